The fraction of sp³-hybridized carbons (Fsp3) is 0.481. The highest BCUT2D eigenvalue weighted by molar-refractivity contribution is 6.25. The Morgan fingerprint density at radius 1 is 1.10 bits per heavy atom. The number of likely N-dealkylation sites (N-methyl/N-ethyl adjacent to an activating group) is 2. The SMILES string of the molecule is CN(C)[C@@H]1C(O)=C(C(N)=O)C(=O)[C@@]2(O)C(O)=C3C(=O)c4c(ccc(NC(=O)C(C)(C)N(C)C)c4O)CC3CC12. The minimum Gasteiger partial charge on any atom is -0.510 e. The van der Waals surface area contributed by atoms with Crippen molar-refractivity contribution in [3.63, 3.8) is 0 Å². The molecule has 0 aromatic heterocycles. The summed E-state index contributed by atoms with van der Waals surface area (Å²) in [7, 11) is 6.58. The quantitative estimate of drug-likeness (QED) is 0.224. The third-order valence-electron chi connectivity index (χ3n) is 8.52. The van der Waals surface area contributed by atoms with E-state index in [1.54, 1.807) is 53.0 Å². The molecule has 4 atom stereocenters. The highest BCUT2D eigenvalue weighted by Crippen LogP contribution is 2.52. The highest BCUT2D eigenvalue weighted by Gasteiger charge is 2.63. The number of nitrogens with one attached hydrogen (secondary N) is 1. The van der Waals surface area contributed by atoms with Crippen LogP contribution >= 0.6 is 0 Å². The number of anilines is 1. The van der Waals surface area contributed by atoms with Crippen molar-refractivity contribution in [3.8, 4) is 5.75 Å². The standard InChI is InChI=1S/C27H34N4O8/c1-26(2,31(5)6)25(38)29-14-8-7-11-9-12-10-13-18(30(3)4)21(34)17(24(28)37)23(36)27(13,39)22(35)16(12)20(33)15(11)19(14)32/h7-8,12-13,18,32,34-35,39H,9-10H2,1-6H3,(H2,28,37)(H,29,38)/t12?,13?,18-,27-/m0/s1. The number of allylic oxidation sites excluding steroid dienone is 1. The number of carbonyl (C=O) groups is 4. The van der Waals surface area contributed by atoms with Gasteiger partial charge in [0, 0.05) is 11.5 Å². The highest BCUT2D eigenvalue weighted by atomic mass is 16.3. The number of phenols is 1. The molecule has 0 fully saturated rings. The van der Waals surface area contributed by atoms with Crippen LogP contribution < -0.4 is 11.1 Å². The number of nitrogens with zero attached hydrogens (tertiary/aromatic N) is 2. The average molecular weight is 543 g/mol. The summed E-state index contributed by atoms with van der Waals surface area (Å²) in [5.74, 6) is -7.66. The molecule has 0 saturated heterocycles. The number of ketones is 2. The number of aliphatic hydroxyl groups is 3. The molecule has 0 aliphatic heterocycles. The van der Waals surface area contributed by atoms with Gasteiger partial charge in [-0.05, 0) is 72.4 Å². The fourth-order valence-electron chi connectivity index (χ4n) is 5.80. The van der Waals surface area contributed by atoms with Gasteiger partial charge in [-0.1, -0.05) is 6.07 Å². The zero-order valence-electron chi connectivity index (χ0n) is 22.7. The van der Waals surface area contributed by atoms with Crippen molar-refractivity contribution in [1.82, 2.24) is 9.80 Å². The Hall–Kier alpha value is -3.74. The molecular formula is C27H34N4O8. The minimum absolute atomic E-state index is 0.00202. The van der Waals surface area contributed by atoms with Gasteiger partial charge in [0.05, 0.1) is 22.8 Å². The molecule has 0 radical (unpaired) electrons. The second-order valence-corrected chi connectivity index (χ2v) is 11.4. The average Bonchev–Trinajstić information content (AvgIpc) is 2.82. The summed E-state index contributed by atoms with van der Waals surface area (Å²) in [6, 6.07) is 2.03. The van der Waals surface area contributed by atoms with Crippen LogP contribution in [-0.2, 0) is 20.8 Å². The normalized spacial score (nSPS) is 26.9. The molecule has 7 N–H and O–H groups in total. The molecule has 39 heavy (non-hydrogen) atoms. The Labute approximate surface area is 225 Å². The number of amides is 2. The van der Waals surface area contributed by atoms with E-state index < -0.39 is 75.2 Å². The maximum Gasteiger partial charge on any atom is 0.255 e. The van der Waals surface area contributed by atoms with Crippen LogP contribution in [0.1, 0.15) is 36.2 Å². The molecule has 2 amide bonds. The monoisotopic (exact) mass is 542 g/mol. The number of aliphatic hydroxyl groups excluding tert-OH is 2. The first kappa shape index (κ1) is 28.3. The molecule has 4 rings (SSSR count). The van der Waals surface area contributed by atoms with Crippen molar-refractivity contribution in [3.05, 3.63) is 45.9 Å². The van der Waals surface area contributed by atoms with E-state index >= 15 is 0 Å². The molecule has 0 bridgehead atoms. The number of hydrogen-bond acceptors (Lipinski definition) is 10. The number of fused-ring (bicyclic) bond motifs is 3. The lowest BCUT2D eigenvalue weighted by Gasteiger charge is -2.50. The lowest BCUT2D eigenvalue weighted by molar-refractivity contribution is -0.148. The summed E-state index contributed by atoms with van der Waals surface area (Å²) >= 11 is 0. The van der Waals surface area contributed by atoms with Gasteiger partial charge in [0.25, 0.3) is 5.91 Å². The molecule has 1 aromatic rings. The van der Waals surface area contributed by atoms with Gasteiger partial charge in [-0.3, -0.25) is 29.0 Å². The van der Waals surface area contributed by atoms with Crippen LogP contribution in [0.5, 0.6) is 5.75 Å². The lowest BCUT2D eigenvalue weighted by atomic mass is 9.58. The first-order chi connectivity index (χ1) is 18.0. The van der Waals surface area contributed by atoms with E-state index in [-0.39, 0.29) is 29.7 Å². The number of primary amides is 1. The van der Waals surface area contributed by atoms with Gasteiger partial charge in [-0.15, -0.1) is 0 Å². The van der Waals surface area contributed by atoms with Crippen LogP contribution in [0.25, 0.3) is 0 Å². The van der Waals surface area contributed by atoms with Gasteiger partial charge in [-0.25, -0.2) is 0 Å². The Kier molecular flexibility index (Phi) is 6.65. The van der Waals surface area contributed by atoms with E-state index in [1.165, 1.54) is 11.0 Å². The molecule has 1 aromatic carbocycles. The van der Waals surface area contributed by atoms with Crippen LogP contribution in [0.4, 0.5) is 5.69 Å². The van der Waals surface area contributed by atoms with Gasteiger partial charge < -0.3 is 31.5 Å². The first-order valence-electron chi connectivity index (χ1n) is 12.5. The summed E-state index contributed by atoms with van der Waals surface area (Å²) in [5.41, 5.74) is 0.838. The van der Waals surface area contributed by atoms with Crippen molar-refractivity contribution >= 4 is 29.1 Å². The maximum absolute atomic E-state index is 13.8. The Bertz CT molecular complexity index is 1380. The molecule has 12 nitrogen and oxygen atoms in total. The van der Waals surface area contributed by atoms with E-state index in [9.17, 15) is 39.6 Å². The fourth-order valence-corrected chi connectivity index (χ4v) is 5.80. The molecule has 0 saturated carbocycles. The predicted octanol–water partition coefficient (Wildman–Crippen LogP) is 0.399. The van der Waals surface area contributed by atoms with Gasteiger partial charge in [0.1, 0.15) is 17.1 Å². The Morgan fingerprint density at radius 3 is 2.26 bits per heavy atom. The van der Waals surface area contributed by atoms with Gasteiger partial charge in [0.15, 0.2) is 17.1 Å². The summed E-state index contributed by atoms with van der Waals surface area (Å²) in [4.78, 5) is 55.2. The second kappa shape index (κ2) is 9.18. The lowest BCUT2D eigenvalue weighted by Crippen LogP contribution is -2.63. The summed E-state index contributed by atoms with van der Waals surface area (Å²) in [6.45, 7) is 3.37. The van der Waals surface area contributed by atoms with E-state index in [0.717, 1.165) is 0 Å². The summed E-state index contributed by atoms with van der Waals surface area (Å²) < 4.78 is 0. The van der Waals surface area contributed by atoms with Crippen molar-refractivity contribution in [2.45, 2.75) is 43.9 Å². The molecule has 210 valence electrons. The van der Waals surface area contributed by atoms with Crippen molar-refractivity contribution < 1.29 is 39.6 Å². The van der Waals surface area contributed by atoms with Gasteiger partial charge >= 0.3 is 0 Å². The number of aromatic hydroxyl groups is 1. The Morgan fingerprint density at radius 2 is 1.72 bits per heavy atom. The van der Waals surface area contributed by atoms with E-state index in [1.807, 2.05) is 0 Å². The number of Topliss-reactive ketones (excluding diaryl/α,β-unsaturated/α-hetero) is 2. The second-order valence-electron chi connectivity index (χ2n) is 11.4. The van der Waals surface area contributed by atoms with Crippen LogP contribution in [0.3, 0.4) is 0 Å². The smallest absolute Gasteiger partial charge is 0.255 e. The molecule has 0 spiro atoms. The first-order valence-corrected chi connectivity index (χ1v) is 12.5. The molecule has 3 aliphatic rings. The number of phenolic OH excluding ortho intramolecular Hbond substituents is 1. The van der Waals surface area contributed by atoms with Crippen LogP contribution in [0, 0.1) is 11.8 Å². The minimum atomic E-state index is -2.71. The zero-order chi connectivity index (χ0) is 29.4. The van der Waals surface area contributed by atoms with Crippen LogP contribution in [-0.4, -0.2) is 99.0 Å². The predicted molar refractivity (Wildman–Crippen MR) is 140 cm³/mol. The largest absolute Gasteiger partial charge is 0.510 e. The van der Waals surface area contributed by atoms with Crippen molar-refractivity contribution in [1.29, 1.82) is 0 Å². The third kappa shape index (κ3) is 3.93. The van der Waals surface area contributed by atoms with E-state index in [2.05, 4.69) is 5.32 Å². The van der Waals surface area contributed by atoms with Crippen molar-refractivity contribution in [2.24, 2.45) is 17.6 Å². The molecule has 3 aliphatic carbocycles. The van der Waals surface area contributed by atoms with Crippen LogP contribution in [0.2, 0.25) is 0 Å². The third-order valence-corrected chi connectivity index (χ3v) is 8.52. The number of benzene rings is 1. The molecule has 0 heterocycles. The number of carbonyl (C=O) groups excluding carboxylic acids is 4. The molecule has 12 heteroatoms. The van der Waals surface area contributed by atoms with Crippen molar-refractivity contribution in [2.75, 3.05) is 33.5 Å². The van der Waals surface area contributed by atoms with E-state index in [4.69, 9.17) is 5.73 Å². The zero-order valence-corrected chi connectivity index (χ0v) is 22.7. The number of rotatable bonds is 5. The molecular weight excluding hydrogens is 508 g/mol. The van der Waals surface area contributed by atoms with Gasteiger partial charge in [0.2, 0.25) is 11.7 Å². The van der Waals surface area contributed by atoms with Gasteiger partial charge in [-0.2, -0.15) is 0 Å². The van der Waals surface area contributed by atoms with Crippen LogP contribution in [0.15, 0.2) is 34.8 Å². The topological polar surface area (TPSA) is 194 Å². The summed E-state index contributed by atoms with van der Waals surface area (Å²) in [5, 5.41) is 47.5. The molecule has 2 unspecified atom stereocenters. The number of nitrogens with two attached hydrogens (primary N) is 1. The number of hydrogen-bond donors (Lipinski definition) is 6. The summed E-state index contributed by atoms with van der Waals surface area (Å²) in [6.07, 6.45) is 0.168. The Balaban J connectivity index is 1.84. The maximum atomic E-state index is 13.8. The van der Waals surface area contributed by atoms with E-state index in [0.29, 0.717) is 5.56 Å².